The fourth-order valence-corrected chi connectivity index (χ4v) is 3.41. The molecule has 0 saturated carbocycles. The van der Waals surface area contributed by atoms with Gasteiger partial charge in [-0.25, -0.2) is 0 Å². The van der Waals surface area contributed by atoms with Crippen molar-refractivity contribution in [3.8, 4) is 0 Å². The summed E-state index contributed by atoms with van der Waals surface area (Å²) in [7, 11) is 3.66. The van der Waals surface area contributed by atoms with Gasteiger partial charge in [0.2, 0.25) is 5.91 Å². The minimum atomic E-state index is 0.0950. The summed E-state index contributed by atoms with van der Waals surface area (Å²) in [5.74, 6) is 0.246. The number of amides is 1. The van der Waals surface area contributed by atoms with Crippen LogP contribution >= 0.6 is 15.9 Å². The van der Waals surface area contributed by atoms with Crippen molar-refractivity contribution in [3.63, 3.8) is 0 Å². The number of hydrogen-bond acceptors (Lipinski definition) is 3. The van der Waals surface area contributed by atoms with Crippen LogP contribution in [0.1, 0.15) is 18.4 Å². The molecule has 2 N–H and O–H groups in total. The third-order valence-electron chi connectivity index (χ3n) is 3.77. The van der Waals surface area contributed by atoms with Crippen LogP contribution in [0.3, 0.4) is 0 Å². The van der Waals surface area contributed by atoms with Crippen LogP contribution in [0.5, 0.6) is 0 Å². The molecule has 1 heterocycles. The van der Waals surface area contributed by atoms with E-state index in [1.54, 1.807) is 7.05 Å². The van der Waals surface area contributed by atoms with Crippen LogP contribution in [0.4, 0.5) is 5.69 Å². The van der Waals surface area contributed by atoms with Crippen molar-refractivity contribution in [2.24, 2.45) is 5.92 Å². The van der Waals surface area contributed by atoms with Crippen LogP contribution in [0.15, 0.2) is 22.7 Å². The summed E-state index contributed by atoms with van der Waals surface area (Å²) in [6.45, 7) is 2.67. The Labute approximate surface area is 129 Å². The number of carbonyl (C=O) groups excluding carboxylic acids is 1. The third kappa shape index (κ3) is 3.52. The molecule has 1 atom stereocenters. The number of halogens is 1. The second kappa shape index (κ2) is 7.09. The molecule has 20 heavy (non-hydrogen) atoms. The van der Waals surface area contributed by atoms with Crippen LogP contribution < -0.4 is 15.5 Å². The van der Waals surface area contributed by atoms with Crippen molar-refractivity contribution >= 4 is 27.5 Å². The fraction of sp³-hybridized carbons (Fsp3) is 0.533. The van der Waals surface area contributed by atoms with Crippen LogP contribution in [0.2, 0.25) is 0 Å². The maximum atomic E-state index is 11.8. The topological polar surface area (TPSA) is 44.4 Å². The van der Waals surface area contributed by atoms with Crippen molar-refractivity contribution in [1.29, 1.82) is 0 Å². The minimum absolute atomic E-state index is 0.0950. The molecule has 1 fully saturated rings. The highest BCUT2D eigenvalue weighted by Crippen LogP contribution is 2.31. The van der Waals surface area contributed by atoms with Gasteiger partial charge in [0.25, 0.3) is 0 Å². The molecule has 2 rings (SSSR count). The average Bonchev–Trinajstić information content (AvgIpc) is 2.47. The lowest BCUT2D eigenvalue weighted by Gasteiger charge is -2.34. The number of anilines is 1. The van der Waals surface area contributed by atoms with E-state index in [2.05, 4.69) is 49.7 Å². The molecule has 0 bridgehead atoms. The third-order valence-corrected chi connectivity index (χ3v) is 4.41. The van der Waals surface area contributed by atoms with Crippen LogP contribution in [0, 0.1) is 5.92 Å². The van der Waals surface area contributed by atoms with Gasteiger partial charge in [0, 0.05) is 31.2 Å². The van der Waals surface area contributed by atoms with E-state index in [4.69, 9.17) is 0 Å². The highest BCUT2D eigenvalue weighted by Gasteiger charge is 2.26. The molecular formula is C15H22BrN3O. The molecule has 1 aliphatic rings. The second-order valence-electron chi connectivity index (χ2n) is 5.22. The predicted octanol–water partition coefficient (Wildman–Crippen LogP) is 2.13. The number of nitrogens with one attached hydrogen (secondary N) is 2. The molecule has 1 aromatic rings. The zero-order valence-corrected chi connectivity index (χ0v) is 13.7. The first-order chi connectivity index (χ1) is 9.65. The molecule has 1 saturated heterocycles. The Balaban J connectivity index is 2.12. The van der Waals surface area contributed by atoms with Gasteiger partial charge in [-0.15, -0.1) is 0 Å². The van der Waals surface area contributed by atoms with Crippen molar-refractivity contribution in [2.45, 2.75) is 19.4 Å². The molecule has 4 nitrogen and oxygen atoms in total. The molecule has 1 unspecified atom stereocenters. The van der Waals surface area contributed by atoms with Gasteiger partial charge < -0.3 is 15.5 Å². The van der Waals surface area contributed by atoms with Gasteiger partial charge in [-0.2, -0.15) is 0 Å². The van der Waals surface area contributed by atoms with Gasteiger partial charge in [0.05, 0.1) is 11.6 Å². The van der Waals surface area contributed by atoms with Gasteiger partial charge in [-0.3, -0.25) is 4.79 Å². The number of rotatable bonds is 4. The first kappa shape index (κ1) is 15.3. The molecule has 0 spiro atoms. The number of carbonyl (C=O) groups is 1. The highest BCUT2D eigenvalue weighted by atomic mass is 79.9. The van der Waals surface area contributed by atoms with E-state index in [1.807, 2.05) is 7.05 Å². The summed E-state index contributed by atoms with van der Waals surface area (Å²) in [6.07, 6.45) is 2.04. The van der Waals surface area contributed by atoms with E-state index in [1.165, 1.54) is 11.3 Å². The van der Waals surface area contributed by atoms with E-state index in [0.717, 1.165) is 36.9 Å². The Morgan fingerprint density at radius 3 is 2.90 bits per heavy atom. The fourth-order valence-electron chi connectivity index (χ4n) is 2.74. The largest absolute Gasteiger partial charge is 0.370 e. The summed E-state index contributed by atoms with van der Waals surface area (Å²) in [4.78, 5) is 14.1. The number of piperidine rings is 1. The lowest BCUT2D eigenvalue weighted by Crippen LogP contribution is -2.42. The normalized spacial score (nSPS) is 18.9. The van der Waals surface area contributed by atoms with Crippen LogP contribution in [0.25, 0.3) is 0 Å². The lowest BCUT2D eigenvalue weighted by molar-refractivity contribution is -0.124. The maximum absolute atomic E-state index is 11.8. The monoisotopic (exact) mass is 339 g/mol. The maximum Gasteiger partial charge on any atom is 0.224 e. The highest BCUT2D eigenvalue weighted by molar-refractivity contribution is 9.10. The van der Waals surface area contributed by atoms with Crippen LogP contribution in [-0.4, -0.2) is 33.1 Å². The van der Waals surface area contributed by atoms with Crippen molar-refractivity contribution in [2.75, 3.05) is 32.1 Å². The van der Waals surface area contributed by atoms with Gasteiger partial charge in [0.15, 0.2) is 0 Å². The van der Waals surface area contributed by atoms with Crippen molar-refractivity contribution in [1.82, 2.24) is 10.6 Å². The second-order valence-corrected chi connectivity index (χ2v) is 6.07. The molecule has 1 aromatic carbocycles. The Hall–Kier alpha value is -1.07. The lowest BCUT2D eigenvalue weighted by atomic mass is 9.96. The molecule has 0 radical (unpaired) electrons. The van der Waals surface area contributed by atoms with E-state index in [9.17, 15) is 4.79 Å². The standard InChI is InChI=1S/C15H22BrN3O/c1-17-9-11-5-6-14(13(16)8-11)19-7-3-4-12(10-19)15(20)18-2/h5-6,8,12,17H,3-4,7,9-10H2,1-2H3,(H,18,20). The Kier molecular flexibility index (Phi) is 5.43. The van der Waals surface area contributed by atoms with E-state index in [-0.39, 0.29) is 11.8 Å². The molecule has 0 aliphatic carbocycles. The van der Waals surface area contributed by atoms with Crippen molar-refractivity contribution in [3.05, 3.63) is 28.2 Å². The quantitative estimate of drug-likeness (QED) is 0.883. The van der Waals surface area contributed by atoms with Gasteiger partial charge >= 0.3 is 0 Å². The van der Waals surface area contributed by atoms with E-state index in [0.29, 0.717) is 0 Å². The molecule has 110 valence electrons. The first-order valence-corrected chi connectivity index (χ1v) is 7.84. The van der Waals surface area contributed by atoms with E-state index < -0.39 is 0 Å². The van der Waals surface area contributed by atoms with Crippen LogP contribution in [-0.2, 0) is 11.3 Å². The smallest absolute Gasteiger partial charge is 0.224 e. The summed E-state index contributed by atoms with van der Waals surface area (Å²) in [5, 5.41) is 5.91. The summed E-state index contributed by atoms with van der Waals surface area (Å²) in [5.41, 5.74) is 2.43. The first-order valence-electron chi connectivity index (χ1n) is 7.05. The molecule has 1 aliphatic heterocycles. The summed E-state index contributed by atoms with van der Waals surface area (Å²) >= 11 is 3.66. The predicted molar refractivity (Wildman–Crippen MR) is 85.9 cm³/mol. The number of benzene rings is 1. The summed E-state index contributed by atoms with van der Waals surface area (Å²) < 4.78 is 1.10. The summed E-state index contributed by atoms with van der Waals surface area (Å²) in [6, 6.07) is 6.43. The zero-order chi connectivity index (χ0) is 14.5. The molecule has 1 amide bonds. The minimum Gasteiger partial charge on any atom is -0.370 e. The Morgan fingerprint density at radius 2 is 2.25 bits per heavy atom. The molecule has 5 heteroatoms. The number of nitrogens with zero attached hydrogens (tertiary/aromatic N) is 1. The van der Waals surface area contributed by atoms with Gasteiger partial charge in [0.1, 0.15) is 0 Å². The Morgan fingerprint density at radius 1 is 1.45 bits per heavy atom. The van der Waals surface area contributed by atoms with E-state index >= 15 is 0 Å². The number of hydrogen-bond donors (Lipinski definition) is 2. The Bertz CT molecular complexity index is 478. The molecule has 0 aromatic heterocycles. The van der Waals surface area contributed by atoms with Crippen molar-refractivity contribution < 1.29 is 4.79 Å². The average molecular weight is 340 g/mol. The SMILES string of the molecule is CNCc1ccc(N2CCCC(C(=O)NC)C2)c(Br)c1. The van der Waals surface area contributed by atoms with Gasteiger partial charge in [-0.05, 0) is 53.5 Å². The zero-order valence-electron chi connectivity index (χ0n) is 12.1. The van der Waals surface area contributed by atoms with Gasteiger partial charge in [-0.1, -0.05) is 6.07 Å². The molecular weight excluding hydrogens is 318 g/mol.